The Kier molecular flexibility index (Phi) is 4.13. The Morgan fingerprint density at radius 3 is 2.35 bits per heavy atom. The average molecular weight is 297 g/mol. The van der Waals surface area contributed by atoms with Gasteiger partial charge in [0.2, 0.25) is 0 Å². The Morgan fingerprint density at radius 2 is 1.76 bits per heavy atom. The third kappa shape index (κ3) is 3.48. The summed E-state index contributed by atoms with van der Waals surface area (Å²) >= 11 is 3.49. The molecule has 0 aromatic heterocycles. The van der Waals surface area contributed by atoms with Gasteiger partial charge < -0.3 is 4.74 Å². The van der Waals surface area contributed by atoms with Crippen molar-refractivity contribution in [2.75, 3.05) is 0 Å². The summed E-state index contributed by atoms with van der Waals surface area (Å²) in [5, 5.41) is 0. The fourth-order valence-corrected chi connectivity index (χ4v) is 3.37. The Labute approximate surface area is 113 Å². The van der Waals surface area contributed by atoms with Crippen molar-refractivity contribution < 1.29 is 4.74 Å². The molecule has 0 spiro atoms. The molecule has 0 N–H and O–H groups in total. The molecule has 0 aliphatic heterocycles. The topological polar surface area (TPSA) is 9.23 Å². The number of rotatable bonds is 2. The molecular formula is C15H21BrO. The minimum absolute atomic E-state index is 0.397. The molecule has 1 fully saturated rings. The summed E-state index contributed by atoms with van der Waals surface area (Å²) in [6, 6.07) is 6.24. The van der Waals surface area contributed by atoms with E-state index in [1.807, 2.05) is 0 Å². The molecule has 1 aliphatic carbocycles. The summed E-state index contributed by atoms with van der Waals surface area (Å²) in [6.45, 7) is 6.77. The molecule has 1 aromatic rings. The summed E-state index contributed by atoms with van der Waals surface area (Å²) in [5.74, 6) is 2.62. The molecular weight excluding hydrogens is 276 g/mol. The van der Waals surface area contributed by atoms with Crippen LogP contribution in [0.25, 0.3) is 0 Å². The number of hydrogen-bond acceptors (Lipinski definition) is 1. The van der Waals surface area contributed by atoms with Crippen LogP contribution in [0, 0.1) is 18.8 Å². The largest absolute Gasteiger partial charge is 0.490 e. The molecule has 17 heavy (non-hydrogen) atoms. The van der Waals surface area contributed by atoms with Crippen LogP contribution in [0.1, 0.15) is 38.7 Å². The van der Waals surface area contributed by atoms with Crippen LogP contribution in [-0.2, 0) is 0 Å². The van der Waals surface area contributed by atoms with Crippen molar-refractivity contribution in [3.63, 3.8) is 0 Å². The van der Waals surface area contributed by atoms with Gasteiger partial charge >= 0.3 is 0 Å². The van der Waals surface area contributed by atoms with Crippen LogP contribution in [0.4, 0.5) is 0 Å². The normalized spacial score (nSPS) is 29.1. The van der Waals surface area contributed by atoms with Crippen LogP contribution in [0.5, 0.6) is 5.75 Å². The molecule has 1 nitrogen and oxygen atoms in total. The molecule has 1 aromatic carbocycles. The molecule has 2 atom stereocenters. The first-order chi connectivity index (χ1) is 8.04. The second kappa shape index (κ2) is 5.43. The molecule has 0 saturated heterocycles. The monoisotopic (exact) mass is 296 g/mol. The summed E-state index contributed by atoms with van der Waals surface area (Å²) in [7, 11) is 0. The van der Waals surface area contributed by atoms with Crippen LogP contribution in [-0.4, -0.2) is 6.10 Å². The van der Waals surface area contributed by atoms with Crippen molar-refractivity contribution in [3.8, 4) is 5.75 Å². The van der Waals surface area contributed by atoms with E-state index in [1.54, 1.807) is 0 Å². The van der Waals surface area contributed by atoms with Crippen molar-refractivity contribution in [2.45, 2.75) is 46.1 Å². The minimum atomic E-state index is 0.397. The SMILES string of the molecule is Cc1cc(Br)ccc1OC1CC(C)CC(C)C1. The predicted molar refractivity (Wildman–Crippen MR) is 75.5 cm³/mol. The predicted octanol–water partition coefficient (Wildman–Crippen LogP) is 4.96. The van der Waals surface area contributed by atoms with E-state index in [0.29, 0.717) is 6.10 Å². The molecule has 0 bridgehead atoms. The first kappa shape index (κ1) is 12.9. The maximum Gasteiger partial charge on any atom is 0.122 e. The third-order valence-electron chi connectivity index (χ3n) is 3.57. The van der Waals surface area contributed by atoms with Gasteiger partial charge in [-0.25, -0.2) is 0 Å². The first-order valence-electron chi connectivity index (χ1n) is 6.47. The second-order valence-electron chi connectivity index (χ2n) is 5.57. The van der Waals surface area contributed by atoms with Gasteiger partial charge in [-0.05, 0) is 61.8 Å². The molecule has 0 amide bonds. The van der Waals surface area contributed by atoms with E-state index in [-0.39, 0.29) is 0 Å². The highest BCUT2D eigenvalue weighted by Crippen LogP contribution is 2.32. The number of halogens is 1. The van der Waals surface area contributed by atoms with Crippen molar-refractivity contribution in [2.24, 2.45) is 11.8 Å². The van der Waals surface area contributed by atoms with Gasteiger partial charge in [0, 0.05) is 4.47 Å². The van der Waals surface area contributed by atoms with Crippen molar-refractivity contribution in [3.05, 3.63) is 28.2 Å². The average Bonchev–Trinajstić information content (AvgIpc) is 2.21. The smallest absolute Gasteiger partial charge is 0.122 e. The zero-order valence-electron chi connectivity index (χ0n) is 10.9. The quantitative estimate of drug-likeness (QED) is 0.749. The third-order valence-corrected chi connectivity index (χ3v) is 4.06. The summed E-state index contributed by atoms with van der Waals surface area (Å²) < 4.78 is 7.28. The van der Waals surface area contributed by atoms with Gasteiger partial charge in [-0.3, -0.25) is 0 Å². The molecule has 94 valence electrons. The molecule has 0 radical (unpaired) electrons. The zero-order valence-corrected chi connectivity index (χ0v) is 12.5. The Bertz CT molecular complexity index is 379. The van der Waals surface area contributed by atoms with Gasteiger partial charge in [-0.15, -0.1) is 0 Å². The molecule has 1 saturated carbocycles. The lowest BCUT2D eigenvalue weighted by Gasteiger charge is -2.32. The molecule has 0 heterocycles. The van der Waals surface area contributed by atoms with E-state index >= 15 is 0 Å². The maximum absolute atomic E-state index is 6.16. The number of aryl methyl sites for hydroxylation is 1. The molecule has 1 aliphatic rings. The lowest BCUT2D eigenvalue weighted by molar-refractivity contribution is 0.100. The zero-order chi connectivity index (χ0) is 12.4. The van der Waals surface area contributed by atoms with Crippen molar-refractivity contribution >= 4 is 15.9 Å². The van der Waals surface area contributed by atoms with E-state index in [1.165, 1.54) is 24.8 Å². The number of hydrogen-bond donors (Lipinski definition) is 0. The van der Waals surface area contributed by atoms with Crippen LogP contribution >= 0.6 is 15.9 Å². The van der Waals surface area contributed by atoms with E-state index in [2.05, 4.69) is 54.9 Å². The first-order valence-corrected chi connectivity index (χ1v) is 7.26. The second-order valence-corrected chi connectivity index (χ2v) is 6.48. The fraction of sp³-hybridized carbons (Fsp3) is 0.600. The van der Waals surface area contributed by atoms with Gasteiger partial charge in [0.05, 0.1) is 6.10 Å². The van der Waals surface area contributed by atoms with Crippen LogP contribution < -0.4 is 4.74 Å². The van der Waals surface area contributed by atoms with Crippen LogP contribution in [0.15, 0.2) is 22.7 Å². The summed E-state index contributed by atoms with van der Waals surface area (Å²) in [6.07, 6.45) is 4.13. The van der Waals surface area contributed by atoms with E-state index < -0.39 is 0 Å². The Morgan fingerprint density at radius 1 is 1.12 bits per heavy atom. The maximum atomic E-state index is 6.16. The van der Waals surface area contributed by atoms with Crippen LogP contribution in [0.3, 0.4) is 0 Å². The van der Waals surface area contributed by atoms with Crippen molar-refractivity contribution in [1.82, 2.24) is 0 Å². The lowest BCUT2D eigenvalue weighted by Crippen LogP contribution is -2.28. The van der Waals surface area contributed by atoms with Gasteiger partial charge in [0.25, 0.3) is 0 Å². The van der Waals surface area contributed by atoms with Gasteiger partial charge in [-0.2, -0.15) is 0 Å². The summed E-state index contributed by atoms with van der Waals surface area (Å²) in [5.41, 5.74) is 1.21. The molecule has 2 heteroatoms. The standard InChI is InChI=1S/C15H21BrO/c1-10-6-11(2)8-14(7-10)17-15-5-4-13(16)9-12(15)3/h4-5,9-11,14H,6-8H2,1-3H3. The minimum Gasteiger partial charge on any atom is -0.490 e. The van der Waals surface area contributed by atoms with Crippen LogP contribution in [0.2, 0.25) is 0 Å². The van der Waals surface area contributed by atoms with Crippen molar-refractivity contribution in [1.29, 1.82) is 0 Å². The lowest BCUT2D eigenvalue weighted by atomic mass is 9.82. The molecule has 2 unspecified atom stereocenters. The number of ether oxygens (including phenoxy) is 1. The van der Waals surface area contributed by atoms with E-state index in [4.69, 9.17) is 4.74 Å². The Hall–Kier alpha value is -0.500. The van der Waals surface area contributed by atoms with Gasteiger partial charge in [0.1, 0.15) is 5.75 Å². The molecule has 2 rings (SSSR count). The highest BCUT2D eigenvalue weighted by Gasteiger charge is 2.25. The van der Waals surface area contributed by atoms with Gasteiger partial charge in [0.15, 0.2) is 0 Å². The van der Waals surface area contributed by atoms with E-state index in [0.717, 1.165) is 22.1 Å². The Balaban J connectivity index is 2.04. The van der Waals surface area contributed by atoms with E-state index in [9.17, 15) is 0 Å². The highest BCUT2D eigenvalue weighted by molar-refractivity contribution is 9.10. The fourth-order valence-electron chi connectivity index (χ4n) is 2.89. The number of benzene rings is 1. The summed E-state index contributed by atoms with van der Waals surface area (Å²) in [4.78, 5) is 0. The highest BCUT2D eigenvalue weighted by atomic mass is 79.9. The van der Waals surface area contributed by atoms with Gasteiger partial charge in [-0.1, -0.05) is 29.8 Å².